The minimum absolute atomic E-state index is 0.206. The largest absolute Gasteiger partial charge is 0.386 e. The third-order valence-electron chi connectivity index (χ3n) is 5.19. The molecule has 2 rings (SSSR count). The van der Waals surface area contributed by atoms with Crippen molar-refractivity contribution in [2.24, 2.45) is 5.92 Å². The van der Waals surface area contributed by atoms with Crippen molar-refractivity contribution in [2.45, 2.75) is 69.6 Å². The zero-order valence-electron chi connectivity index (χ0n) is 12.6. The molecule has 1 saturated carbocycles. The van der Waals surface area contributed by atoms with Gasteiger partial charge < -0.3 is 15.1 Å². The Kier molecular flexibility index (Phi) is 4.38. The van der Waals surface area contributed by atoms with E-state index in [1.54, 1.807) is 0 Å². The highest BCUT2D eigenvalue weighted by molar-refractivity contribution is 5.13. The Bertz CT molecular complexity index is 336. The van der Waals surface area contributed by atoms with Gasteiger partial charge in [0.05, 0.1) is 11.2 Å². The lowest BCUT2D eigenvalue weighted by molar-refractivity contribution is -0.0441. The van der Waals surface area contributed by atoms with Crippen molar-refractivity contribution >= 4 is 0 Å². The Hall–Kier alpha value is -0.380. The molecule has 0 aromatic rings. The van der Waals surface area contributed by atoms with Gasteiger partial charge in [0.2, 0.25) is 0 Å². The molecule has 1 heterocycles. The second kappa shape index (κ2) is 5.55. The Morgan fingerprint density at radius 3 is 2.32 bits per heavy atom. The lowest BCUT2D eigenvalue weighted by atomic mass is 9.77. The Balaban J connectivity index is 2.07. The number of likely N-dealkylation sites (tertiary alicyclic amines) is 1. The van der Waals surface area contributed by atoms with E-state index in [9.17, 15) is 10.2 Å². The summed E-state index contributed by atoms with van der Waals surface area (Å²) in [6, 6.07) is 0.381. The Morgan fingerprint density at radius 1 is 1.05 bits per heavy atom. The van der Waals surface area contributed by atoms with Crippen molar-refractivity contribution in [3.8, 4) is 0 Å². The summed E-state index contributed by atoms with van der Waals surface area (Å²) < 4.78 is 0. The van der Waals surface area contributed by atoms with Crippen molar-refractivity contribution in [3.05, 3.63) is 12.2 Å². The molecule has 3 atom stereocenters. The highest BCUT2D eigenvalue weighted by Crippen LogP contribution is 2.35. The summed E-state index contributed by atoms with van der Waals surface area (Å²) in [7, 11) is 2.11. The fraction of sp³-hybridized carbons (Fsp3) is 0.875. The van der Waals surface area contributed by atoms with Crippen LogP contribution in [0, 0.1) is 5.92 Å². The molecule has 0 aromatic carbocycles. The summed E-state index contributed by atoms with van der Waals surface area (Å²) in [5.74, 6) is 0.206. The van der Waals surface area contributed by atoms with E-state index in [0.29, 0.717) is 6.04 Å². The molecule has 0 amide bonds. The average Bonchev–Trinajstić information content (AvgIpc) is 2.36. The minimum atomic E-state index is -0.765. The summed E-state index contributed by atoms with van der Waals surface area (Å²) in [6.45, 7) is 5.15. The van der Waals surface area contributed by atoms with Gasteiger partial charge in [-0.05, 0) is 33.2 Å². The van der Waals surface area contributed by atoms with Crippen LogP contribution in [0.25, 0.3) is 0 Å². The van der Waals surface area contributed by atoms with Crippen LogP contribution in [-0.2, 0) is 0 Å². The maximum atomic E-state index is 10.8. The summed E-state index contributed by atoms with van der Waals surface area (Å²) in [5, 5.41) is 21.4. The van der Waals surface area contributed by atoms with Crippen LogP contribution in [0.2, 0.25) is 0 Å². The van der Waals surface area contributed by atoms with Crippen LogP contribution in [0.15, 0.2) is 12.2 Å². The van der Waals surface area contributed by atoms with E-state index in [-0.39, 0.29) is 5.92 Å². The van der Waals surface area contributed by atoms with Gasteiger partial charge in [0.15, 0.2) is 0 Å². The fourth-order valence-corrected chi connectivity index (χ4v) is 3.46. The van der Waals surface area contributed by atoms with Crippen LogP contribution < -0.4 is 0 Å². The summed E-state index contributed by atoms with van der Waals surface area (Å²) >= 11 is 0. The smallest absolute Gasteiger partial charge is 0.0881 e. The van der Waals surface area contributed by atoms with Gasteiger partial charge in [-0.25, -0.2) is 0 Å². The SMILES string of the molecule is C[C@@H]1CN(C)[C@@H](C)C[C@]1(O)/C=C/C1(O)CCCCC1. The molecule has 1 aliphatic carbocycles. The highest BCUT2D eigenvalue weighted by atomic mass is 16.3. The predicted octanol–water partition coefficient (Wildman–Crippen LogP) is 2.33. The third-order valence-corrected chi connectivity index (χ3v) is 5.19. The van der Waals surface area contributed by atoms with Gasteiger partial charge in [0, 0.05) is 18.5 Å². The molecule has 19 heavy (non-hydrogen) atoms. The molecule has 0 unspecified atom stereocenters. The zero-order valence-corrected chi connectivity index (χ0v) is 12.6. The maximum absolute atomic E-state index is 10.8. The molecule has 2 aliphatic rings. The van der Waals surface area contributed by atoms with Gasteiger partial charge >= 0.3 is 0 Å². The number of piperidine rings is 1. The first-order valence-electron chi connectivity index (χ1n) is 7.70. The first-order chi connectivity index (χ1) is 8.85. The number of nitrogens with zero attached hydrogens (tertiary/aromatic N) is 1. The van der Waals surface area contributed by atoms with Crippen LogP contribution in [0.4, 0.5) is 0 Å². The van der Waals surface area contributed by atoms with Crippen LogP contribution in [-0.4, -0.2) is 45.9 Å². The van der Waals surface area contributed by atoms with Crippen LogP contribution in [0.1, 0.15) is 52.4 Å². The number of rotatable bonds is 2. The first-order valence-corrected chi connectivity index (χ1v) is 7.70. The van der Waals surface area contributed by atoms with E-state index in [2.05, 4.69) is 25.8 Å². The monoisotopic (exact) mass is 267 g/mol. The molecule has 0 aromatic heterocycles. The van der Waals surface area contributed by atoms with Crippen molar-refractivity contribution < 1.29 is 10.2 Å². The van der Waals surface area contributed by atoms with E-state index in [1.165, 1.54) is 6.42 Å². The molecule has 1 aliphatic heterocycles. The summed E-state index contributed by atoms with van der Waals surface area (Å²) in [4.78, 5) is 2.29. The molecule has 110 valence electrons. The van der Waals surface area contributed by atoms with Gasteiger partial charge in [-0.1, -0.05) is 38.3 Å². The van der Waals surface area contributed by atoms with Crippen molar-refractivity contribution in [2.75, 3.05) is 13.6 Å². The molecule has 3 heteroatoms. The van der Waals surface area contributed by atoms with E-state index < -0.39 is 11.2 Å². The number of hydrogen-bond acceptors (Lipinski definition) is 3. The van der Waals surface area contributed by atoms with Crippen LogP contribution >= 0.6 is 0 Å². The van der Waals surface area contributed by atoms with E-state index in [4.69, 9.17) is 0 Å². The number of hydrogen-bond donors (Lipinski definition) is 2. The van der Waals surface area contributed by atoms with Crippen LogP contribution in [0.5, 0.6) is 0 Å². The number of aliphatic hydroxyl groups is 2. The quantitative estimate of drug-likeness (QED) is 0.755. The van der Waals surface area contributed by atoms with Crippen molar-refractivity contribution in [1.82, 2.24) is 4.90 Å². The van der Waals surface area contributed by atoms with Crippen molar-refractivity contribution in [1.29, 1.82) is 0 Å². The second-order valence-electron chi connectivity index (χ2n) is 6.88. The van der Waals surface area contributed by atoms with Gasteiger partial charge in [0.25, 0.3) is 0 Å². The predicted molar refractivity (Wildman–Crippen MR) is 78.0 cm³/mol. The molecule has 0 bridgehead atoms. The topological polar surface area (TPSA) is 43.7 Å². The van der Waals surface area contributed by atoms with Crippen LogP contribution in [0.3, 0.4) is 0 Å². The summed E-state index contributed by atoms with van der Waals surface area (Å²) in [6.07, 6.45) is 9.61. The molecule has 3 nitrogen and oxygen atoms in total. The standard InChI is InChI=1S/C16H29NO2/c1-13-12-17(3)14(2)11-16(13,19)10-9-15(18)7-5-4-6-8-15/h9-10,13-14,18-19H,4-8,11-12H2,1-3H3/b10-9+/t13-,14+,16-/m1/s1. The summed E-state index contributed by atoms with van der Waals surface area (Å²) in [5.41, 5.74) is -1.45. The fourth-order valence-electron chi connectivity index (χ4n) is 3.46. The minimum Gasteiger partial charge on any atom is -0.386 e. The lowest BCUT2D eigenvalue weighted by Gasteiger charge is -2.44. The molecule has 0 radical (unpaired) electrons. The Morgan fingerprint density at radius 2 is 1.68 bits per heavy atom. The first kappa shape index (κ1) is 15.0. The molecule has 2 fully saturated rings. The molecular formula is C16H29NO2. The normalized spacial score (nSPS) is 40.7. The van der Waals surface area contributed by atoms with E-state index in [1.807, 2.05) is 12.2 Å². The zero-order chi connectivity index (χ0) is 14.1. The van der Waals surface area contributed by atoms with E-state index >= 15 is 0 Å². The highest BCUT2D eigenvalue weighted by Gasteiger charge is 2.40. The van der Waals surface area contributed by atoms with Gasteiger partial charge in [-0.15, -0.1) is 0 Å². The molecule has 0 spiro atoms. The maximum Gasteiger partial charge on any atom is 0.0881 e. The molecule has 1 saturated heterocycles. The van der Waals surface area contributed by atoms with E-state index in [0.717, 1.165) is 38.6 Å². The molecular weight excluding hydrogens is 238 g/mol. The van der Waals surface area contributed by atoms with Crippen molar-refractivity contribution in [3.63, 3.8) is 0 Å². The van der Waals surface area contributed by atoms with Gasteiger partial charge in [-0.3, -0.25) is 0 Å². The average molecular weight is 267 g/mol. The van der Waals surface area contributed by atoms with Gasteiger partial charge in [0.1, 0.15) is 0 Å². The Labute approximate surface area is 117 Å². The van der Waals surface area contributed by atoms with Gasteiger partial charge in [-0.2, -0.15) is 0 Å². The molecule has 2 N–H and O–H groups in total. The second-order valence-corrected chi connectivity index (χ2v) is 6.88. The third kappa shape index (κ3) is 3.39. The lowest BCUT2D eigenvalue weighted by Crippen LogP contribution is -2.52.